The molecule has 14 heavy (non-hydrogen) atoms. The van der Waals surface area contributed by atoms with Crippen molar-refractivity contribution >= 4 is 8.97 Å². The first-order chi connectivity index (χ1) is 6.74. The van der Waals surface area contributed by atoms with Gasteiger partial charge in [0.1, 0.15) is 0 Å². The van der Waals surface area contributed by atoms with Crippen LogP contribution in [0.3, 0.4) is 0 Å². The van der Waals surface area contributed by atoms with Gasteiger partial charge in [0.05, 0.1) is 0 Å². The molecule has 5 nitrogen and oxygen atoms in total. The monoisotopic (exact) mass is 222 g/mol. The maximum atomic E-state index is 5.21. The van der Waals surface area contributed by atoms with Gasteiger partial charge in [0.15, 0.2) is 0 Å². The lowest BCUT2D eigenvalue weighted by atomic mass is 10.4. The summed E-state index contributed by atoms with van der Waals surface area (Å²) in [5.41, 5.74) is 0. The zero-order valence-electron chi connectivity index (χ0n) is 9.55. The molecule has 0 aromatic rings. The van der Waals surface area contributed by atoms with Crippen LogP contribution in [0.5, 0.6) is 0 Å². The van der Waals surface area contributed by atoms with Gasteiger partial charge in [0.25, 0.3) is 0 Å². The Hall–Kier alpha value is 0.0169. The van der Waals surface area contributed by atoms with Gasteiger partial charge in [-0.3, -0.25) is 4.98 Å². The van der Waals surface area contributed by atoms with Gasteiger partial charge < -0.3 is 18.6 Å². The Morgan fingerprint density at radius 3 is 2.00 bits per heavy atom. The molecule has 0 bridgehead atoms. The molecule has 0 aliphatic heterocycles. The molecular weight excluding hydrogens is 200 g/mol. The van der Waals surface area contributed by atoms with E-state index in [9.17, 15) is 0 Å². The minimum atomic E-state index is -2.56. The van der Waals surface area contributed by atoms with E-state index in [-0.39, 0.29) is 0 Å². The van der Waals surface area contributed by atoms with Crippen molar-refractivity contribution in [3.8, 4) is 0 Å². The molecule has 0 unspecified atom stereocenters. The van der Waals surface area contributed by atoms with Crippen LogP contribution in [-0.4, -0.2) is 49.9 Å². The molecule has 0 aliphatic carbocycles. The molecule has 0 aromatic carbocycles. The van der Waals surface area contributed by atoms with E-state index in [0.717, 1.165) is 26.1 Å². The highest BCUT2D eigenvalue weighted by atomic mass is 28.4. The molecule has 0 heterocycles. The molecule has 0 radical (unpaired) electrons. The lowest BCUT2D eigenvalue weighted by molar-refractivity contribution is 0.110. The number of hydrogen-bond acceptors (Lipinski definition) is 5. The molecule has 0 aromatic heterocycles. The first-order valence-corrected chi connectivity index (χ1v) is 6.58. The SMILES string of the molecule is CCNCCCN[Si](OC)(OC)OC. The van der Waals surface area contributed by atoms with Crippen LogP contribution < -0.4 is 10.3 Å². The average Bonchev–Trinajstić information content (AvgIpc) is 2.24. The quantitative estimate of drug-likeness (QED) is 0.423. The van der Waals surface area contributed by atoms with Crippen LogP contribution >= 0.6 is 0 Å². The van der Waals surface area contributed by atoms with Crippen LogP contribution in [0.25, 0.3) is 0 Å². The Morgan fingerprint density at radius 1 is 1.00 bits per heavy atom. The zero-order valence-corrected chi connectivity index (χ0v) is 10.6. The van der Waals surface area contributed by atoms with Gasteiger partial charge in [-0.2, -0.15) is 0 Å². The van der Waals surface area contributed by atoms with E-state index >= 15 is 0 Å². The van der Waals surface area contributed by atoms with Gasteiger partial charge in [0.2, 0.25) is 0 Å². The average molecular weight is 222 g/mol. The van der Waals surface area contributed by atoms with E-state index < -0.39 is 8.97 Å². The lowest BCUT2D eigenvalue weighted by Crippen LogP contribution is -2.57. The van der Waals surface area contributed by atoms with Gasteiger partial charge in [-0.05, 0) is 26.1 Å². The minimum absolute atomic E-state index is 0.828. The van der Waals surface area contributed by atoms with Crippen molar-refractivity contribution in [1.82, 2.24) is 10.3 Å². The first-order valence-electron chi connectivity index (χ1n) is 4.85. The summed E-state index contributed by atoms with van der Waals surface area (Å²) in [6.07, 6.45) is 1.03. The summed E-state index contributed by atoms with van der Waals surface area (Å²) in [6.45, 7) is 4.91. The minimum Gasteiger partial charge on any atom is -0.364 e. The van der Waals surface area contributed by atoms with E-state index in [2.05, 4.69) is 17.2 Å². The third-order valence-corrected chi connectivity index (χ3v) is 4.22. The highest BCUT2D eigenvalue weighted by Crippen LogP contribution is 2.00. The summed E-state index contributed by atoms with van der Waals surface area (Å²) in [7, 11) is 2.23. The molecule has 0 amide bonds. The fourth-order valence-electron chi connectivity index (χ4n) is 1.10. The van der Waals surface area contributed by atoms with Crippen molar-refractivity contribution < 1.29 is 13.3 Å². The molecule has 0 saturated heterocycles. The van der Waals surface area contributed by atoms with E-state index in [0.29, 0.717) is 0 Å². The van der Waals surface area contributed by atoms with Crippen molar-refractivity contribution in [3.05, 3.63) is 0 Å². The fourth-order valence-corrected chi connectivity index (χ4v) is 2.51. The molecule has 86 valence electrons. The second-order valence-corrected chi connectivity index (χ2v) is 5.49. The van der Waals surface area contributed by atoms with E-state index in [4.69, 9.17) is 13.3 Å². The van der Waals surface area contributed by atoms with Gasteiger partial charge in [-0.25, -0.2) is 0 Å². The maximum absolute atomic E-state index is 5.21. The van der Waals surface area contributed by atoms with Crippen LogP contribution in [0.1, 0.15) is 13.3 Å². The van der Waals surface area contributed by atoms with Crippen LogP contribution in [0.2, 0.25) is 0 Å². The Kier molecular flexibility index (Phi) is 8.35. The summed E-state index contributed by atoms with van der Waals surface area (Å²) in [5, 5.41) is 3.24. The number of nitrogens with one attached hydrogen (secondary N) is 2. The molecule has 6 heteroatoms. The van der Waals surface area contributed by atoms with Gasteiger partial charge in [-0.15, -0.1) is 0 Å². The second kappa shape index (κ2) is 8.34. The molecule has 0 saturated carbocycles. The Morgan fingerprint density at radius 2 is 1.57 bits per heavy atom. The third kappa shape index (κ3) is 5.04. The second-order valence-electron chi connectivity index (χ2n) is 2.80. The zero-order chi connectivity index (χ0) is 10.9. The molecule has 0 aliphatic rings. The first kappa shape index (κ1) is 14.0. The van der Waals surface area contributed by atoms with Crippen LogP contribution in [0.4, 0.5) is 0 Å². The van der Waals surface area contributed by atoms with Crippen molar-refractivity contribution in [2.45, 2.75) is 13.3 Å². The predicted octanol–water partition coefficient (Wildman–Crippen LogP) is -0.0496. The van der Waals surface area contributed by atoms with E-state index in [1.54, 1.807) is 21.3 Å². The van der Waals surface area contributed by atoms with Crippen LogP contribution in [0.15, 0.2) is 0 Å². The van der Waals surface area contributed by atoms with E-state index in [1.165, 1.54) is 0 Å². The van der Waals surface area contributed by atoms with Gasteiger partial charge in [0, 0.05) is 21.3 Å². The Labute approximate surface area is 87.6 Å². The van der Waals surface area contributed by atoms with E-state index in [1.807, 2.05) is 0 Å². The summed E-state index contributed by atoms with van der Waals surface area (Å²) < 4.78 is 15.6. The fraction of sp³-hybridized carbons (Fsp3) is 1.00. The third-order valence-electron chi connectivity index (χ3n) is 1.93. The van der Waals surface area contributed by atoms with Crippen LogP contribution in [-0.2, 0) is 13.3 Å². The predicted molar refractivity (Wildman–Crippen MR) is 57.9 cm³/mol. The Balaban J connectivity index is 3.61. The van der Waals surface area contributed by atoms with Gasteiger partial charge in [-0.1, -0.05) is 6.92 Å². The normalized spacial score (nSPS) is 12.0. The Bertz CT molecular complexity index is 125. The maximum Gasteiger partial charge on any atom is 0.595 e. The summed E-state index contributed by atoms with van der Waals surface area (Å²) in [4.78, 5) is 3.17. The van der Waals surface area contributed by atoms with Crippen molar-refractivity contribution in [2.75, 3.05) is 41.0 Å². The molecule has 0 fully saturated rings. The van der Waals surface area contributed by atoms with Crippen molar-refractivity contribution in [2.24, 2.45) is 0 Å². The lowest BCUT2D eigenvalue weighted by Gasteiger charge is -2.24. The highest BCUT2D eigenvalue weighted by Gasteiger charge is 2.38. The molecule has 2 N–H and O–H groups in total. The number of rotatable bonds is 9. The molecular formula is C8H22N2O3Si. The summed E-state index contributed by atoms with van der Waals surface area (Å²) in [5.74, 6) is 0. The molecule has 0 atom stereocenters. The van der Waals surface area contributed by atoms with Crippen molar-refractivity contribution in [1.29, 1.82) is 0 Å². The summed E-state index contributed by atoms with van der Waals surface area (Å²) in [6, 6.07) is 0. The topological polar surface area (TPSA) is 51.8 Å². The standard InChI is InChI=1S/C8H22N2O3Si/c1-5-9-7-6-8-10-14(11-2,12-3)13-4/h9-10H,5-8H2,1-4H3. The van der Waals surface area contributed by atoms with Crippen LogP contribution in [0, 0.1) is 0 Å². The smallest absolute Gasteiger partial charge is 0.364 e. The summed E-state index contributed by atoms with van der Waals surface area (Å²) >= 11 is 0. The van der Waals surface area contributed by atoms with Gasteiger partial charge >= 0.3 is 8.97 Å². The van der Waals surface area contributed by atoms with Crippen molar-refractivity contribution in [3.63, 3.8) is 0 Å². The number of hydrogen-bond donors (Lipinski definition) is 2. The largest absolute Gasteiger partial charge is 0.595 e. The highest BCUT2D eigenvalue weighted by molar-refractivity contribution is 6.57. The molecule has 0 spiro atoms. The molecule has 0 rings (SSSR count).